The zero-order valence-corrected chi connectivity index (χ0v) is 12.0. The molecule has 0 spiro atoms. The Morgan fingerprint density at radius 2 is 2.06 bits per heavy atom. The van der Waals surface area contributed by atoms with Crippen LogP contribution in [-0.4, -0.2) is 18.5 Å². The fourth-order valence-corrected chi connectivity index (χ4v) is 1.75. The number of esters is 1. The molecule has 1 rings (SSSR count). The number of anilines is 1. The van der Waals surface area contributed by atoms with Gasteiger partial charge in [0.15, 0.2) is 0 Å². The van der Waals surface area contributed by atoms with Crippen molar-refractivity contribution in [3.63, 3.8) is 0 Å². The summed E-state index contributed by atoms with van der Waals surface area (Å²) in [5, 5.41) is 2.77. The summed E-state index contributed by atoms with van der Waals surface area (Å²) >= 11 is 3.34. The van der Waals surface area contributed by atoms with E-state index < -0.39 is 0 Å². The Hall–Kier alpha value is -1.36. The lowest BCUT2D eigenvalue weighted by molar-refractivity contribution is -0.144. The molecule has 0 unspecified atom stereocenters. The van der Waals surface area contributed by atoms with E-state index in [1.54, 1.807) is 6.92 Å². The van der Waals surface area contributed by atoms with Gasteiger partial charge >= 0.3 is 5.97 Å². The number of halogens is 1. The highest BCUT2D eigenvalue weighted by Crippen LogP contribution is 2.20. The summed E-state index contributed by atoms with van der Waals surface area (Å²) in [4.78, 5) is 22.8. The van der Waals surface area contributed by atoms with Gasteiger partial charge in [0, 0.05) is 16.6 Å². The van der Waals surface area contributed by atoms with Crippen molar-refractivity contribution in [3.8, 4) is 0 Å². The third kappa shape index (κ3) is 4.87. The predicted octanol–water partition coefficient (Wildman–Crippen LogP) is 3.04. The maximum absolute atomic E-state index is 11.7. The lowest BCUT2D eigenvalue weighted by Crippen LogP contribution is -2.15. The normalized spacial score (nSPS) is 9.94. The van der Waals surface area contributed by atoms with Gasteiger partial charge in [-0.2, -0.15) is 0 Å². The van der Waals surface area contributed by atoms with Crippen LogP contribution in [-0.2, 0) is 14.3 Å². The highest BCUT2D eigenvalue weighted by molar-refractivity contribution is 9.10. The molecule has 0 aliphatic heterocycles. The van der Waals surface area contributed by atoms with Crippen LogP contribution in [0.1, 0.15) is 25.3 Å². The van der Waals surface area contributed by atoms with E-state index in [1.807, 2.05) is 25.1 Å². The zero-order chi connectivity index (χ0) is 13.5. The van der Waals surface area contributed by atoms with Crippen molar-refractivity contribution in [1.82, 2.24) is 0 Å². The number of hydrogen-bond acceptors (Lipinski definition) is 3. The first-order chi connectivity index (χ1) is 8.52. The van der Waals surface area contributed by atoms with Gasteiger partial charge in [-0.25, -0.2) is 0 Å². The first kappa shape index (κ1) is 14.7. The van der Waals surface area contributed by atoms with Crippen LogP contribution in [0, 0.1) is 6.92 Å². The Bertz CT molecular complexity index is 446. The number of nitrogens with one attached hydrogen (secondary N) is 1. The number of aryl methyl sites for hydroxylation is 1. The van der Waals surface area contributed by atoms with Gasteiger partial charge < -0.3 is 10.1 Å². The number of amides is 1. The Labute approximate surface area is 115 Å². The fraction of sp³-hybridized carbons (Fsp3) is 0.385. The number of carbonyl (C=O) groups excluding carboxylic acids is 2. The Morgan fingerprint density at radius 1 is 1.33 bits per heavy atom. The smallest absolute Gasteiger partial charge is 0.306 e. The molecule has 98 valence electrons. The summed E-state index contributed by atoms with van der Waals surface area (Å²) < 4.78 is 5.66. The van der Waals surface area contributed by atoms with Crippen molar-refractivity contribution in [2.24, 2.45) is 0 Å². The predicted molar refractivity (Wildman–Crippen MR) is 73.4 cm³/mol. The van der Waals surface area contributed by atoms with E-state index in [0.717, 1.165) is 15.7 Å². The second-order valence-electron chi connectivity index (χ2n) is 3.81. The van der Waals surface area contributed by atoms with E-state index in [1.165, 1.54) is 0 Å². The molecular weight excluding hydrogens is 298 g/mol. The number of ether oxygens (including phenoxy) is 1. The van der Waals surface area contributed by atoms with Gasteiger partial charge in [-0.1, -0.05) is 22.0 Å². The molecule has 0 radical (unpaired) electrons. The molecule has 0 saturated heterocycles. The highest BCUT2D eigenvalue weighted by atomic mass is 79.9. The van der Waals surface area contributed by atoms with Crippen molar-refractivity contribution in [1.29, 1.82) is 0 Å². The second kappa shape index (κ2) is 7.16. The van der Waals surface area contributed by atoms with E-state index in [9.17, 15) is 9.59 Å². The largest absolute Gasteiger partial charge is 0.466 e. The summed E-state index contributed by atoms with van der Waals surface area (Å²) in [6.07, 6.45) is 0.234. The van der Waals surface area contributed by atoms with E-state index in [2.05, 4.69) is 21.2 Å². The van der Waals surface area contributed by atoms with E-state index in [0.29, 0.717) is 6.61 Å². The van der Waals surface area contributed by atoms with Gasteiger partial charge in [-0.05, 0) is 31.5 Å². The quantitative estimate of drug-likeness (QED) is 0.850. The first-order valence-electron chi connectivity index (χ1n) is 5.74. The van der Waals surface area contributed by atoms with Crippen LogP contribution < -0.4 is 5.32 Å². The maximum atomic E-state index is 11.7. The number of hydrogen-bond donors (Lipinski definition) is 1. The highest BCUT2D eigenvalue weighted by Gasteiger charge is 2.09. The minimum atomic E-state index is -0.349. The standard InChI is InChI=1S/C13H16BrNO3/c1-3-18-13(17)7-6-12(16)15-11-8-10(14)5-4-9(11)2/h4-5,8H,3,6-7H2,1-2H3,(H,15,16). The Balaban J connectivity index is 2.49. The minimum Gasteiger partial charge on any atom is -0.466 e. The maximum Gasteiger partial charge on any atom is 0.306 e. The third-order valence-electron chi connectivity index (χ3n) is 2.34. The molecular formula is C13H16BrNO3. The molecule has 0 aliphatic carbocycles. The summed E-state index contributed by atoms with van der Waals surface area (Å²) in [5.41, 5.74) is 1.72. The molecule has 0 bridgehead atoms. The molecule has 0 aliphatic rings. The van der Waals surface area contributed by atoms with E-state index in [4.69, 9.17) is 4.74 Å². The number of rotatable bonds is 5. The minimum absolute atomic E-state index is 0.104. The lowest BCUT2D eigenvalue weighted by atomic mass is 10.2. The van der Waals surface area contributed by atoms with Crippen molar-refractivity contribution < 1.29 is 14.3 Å². The molecule has 1 N–H and O–H groups in total. The van der Waals surface area contributed by atoms with Crippen LogP contribution in [0.3, 0.4) is 0 Å². The molecule has 0 atom stereocenters. The molecule has 0 fully saturated rings. The van der Waals surface area contributed by atoms with Crippen molar-refractivity contribution >= 4 is 33.5 Å². The second-order valence-corrected chi connectivity index (χ2v) is 4.73. The van der Waals surface area contributed by atoms with Crippen molar-refractivity contribution in [2.45, 2.75) is 26.7 Å². The van der Waals surface area contributed by atoms with Gasteiger partial charge in [-0.15, -0.1) is 0 Å². The van der Waals surface area contributed by atoms with Crippen LogP contribution >= 0.6 is 15.9 Å². The summed E-state index contributed by atoms with van der Waals surface area (Å²) in [6, 6.07) is 5.65. The fourth-order valence-electron chi connectivity index (χ4n) is 1.39. The first-order valence-corrected chi connectivity index (χ1v) is 6.54. The van der Waals surface area contributed by atoms with Crippen LogP contribution in [0.25, 0.3) is 0 Å². The number of carbonyl (C=O) groups is 2. The van der Waals surface area contributed by atoms with Crippen LogP contribution in [0.5, 0.6) is 0 Å². The van der Waals surface area contributed by atoms with Crippen LogP contribution in [0.15, 0.2) is 22.7 Å². The molecule has 5 heteroatoms. The van der Waals surface area contributed by atoms with Gasteiger partial charge in [0.05, 0.1) is 13.0 Å². The van der Waals surface area contributed by atoms with Crippen LogP contribution in [0.4, 0.5) is 5.69 Å². The lowest BCUT2D eigenvalue weighted by Gasteiger charge is -2.08. The van der Waals surface area contributed by atoms with Crippen LogP contribution in [0.2, 0.25) is 0 Å². The molecule has 1 aromatic carbocycles. The zero-order valence-electron chi connectivity index (χ0n) is 10.5. The van der Waals surface area contributed by atoms with Gasteiger partial charge in [0.25, 0.3) is 0 Å². The molecule has 18 heavy (non-hydrogen) atoms. The molecule has 1 amide bonds. The Morgan fingerprint density at radius 3 is 2.72 bits per heavy atom. The summed E-state index contributed by atoms with van der Waals surface area (Å²) in [7, 11) is 0. The van der Waals surface area contributed by atoms with Gasteiger partial charge in [0.1, 0.15) is 0 Å². The Kier molecular flexibility index (Phi) is 5.85. The van der Waals surface area contributed by atoms with Crippen molar-refractivity contribution in [2.75, 3.05) is 11.9 Å². The summed E-state index contributed by atoms with van der Waals surface area (Å²) in [5.74, 6) is -0.539. The van der Waals surface area contributed by atoms with E-state index in [-0.39, 0.29) is 24.7 Å². The van der Waals surface area contributed by atoms with Crippen molar-refractivity contribution in [3.05, 3.63) is 28.2 Å². The van der Waals surface area contributed by atoms with Gasteiger partial charge in [-0.3, -0.25) is 9.59 Å². The average Bonchev–Trinajstić information content (AvgIpc) is 2.32. The third-order valence-corrected chi connectivity index (χ3v) is 2.83. The molecule has 4 nitrogen and oxygen atoms in total. The molecule has 1 aromatic rings. The van der Waals surface area contributed by atoms with Gasteiger partial charge in [0.2, 0.25) is 5.91 Å². The monoisotopic (exact) mass is 313 g/mol. The number of benzene rings is 1. The summed E-state index contributed by atoms with van der Waals surface area (Å²) in [6.45, 7) is 3.99. The molecule has 0 saturated carbocycles. The SMILES string of the molecule is CCOC(=O)CCC(=O)Nc1cc(Br)ccc1C. The van der Waals surface area contributed by atoms with E-state index >= 15 is 0 Å². The molecule has 0 aromatic heterocycles. The average molecular weight is 314 g/mol. The topological polar surface area (TPSA) is 55.4 Å². The molecule has 0 heterocycles.